The molecule has 4 atom stereocenters. The number of hydrogen-bond acceptors (Lipinski definition) is 6. The van der Waals surface area contributed by atoms with E-state index in [4.69, 9.17) is 4.42 Å². The first-order valence-electron chi connectivity index (χ1n) is 8.48. The largest absolute Gasteiger partial charge is 0.423 e. The molecule has 130 valence electrons. The van der Waals surface area contributed by atoms with Crippen LogP contribution < -0.4 is 4.72 Å². The molecule has 0 aliphatic heterocycles. The highest BCUT2D eigenvalue weighted by Crippen LogP contribution is 2.69. The Balaban J connectivity index is 1.36. The van der Waals surface area contributed by atoms with Crippen LogP contribution in [0.2, 0.25) is 0 Å². The van der Waals surface area contributed by atoms with E-state index in [-0.39, 0.29) is 22.6 Å². The maximum Gasteiger partial charge on any atom is 0.264 e. The van der Waals surface area contributed by atoms with Gasteiger partial charge in [-0.25, -0.2) is 13.1 Å². The van der Waals surface area contributed by atoms with Crippen molar-refractivity contribution in [3.63, 3.8) is 0 Å². The zero-order chi connectivity index (χ0) is 17.2. The van der Waals surface area contributed by atoms with Gasteiger partial charge in [0.1, 0.15) is 0 Å². The van der Waals surface area contributed by atoms with E-state index >= 15 is 0 Å². The van der Waals surface area contributed by atoms with Crippen molar-refractivity contribution in [3.05, 3.63) is 30.7 Å². The summed E-state index contributed by atoms with van der Waals surface area (Å²) < 4.78 is 32.6. The van der Waals surface area contributed by atoms with E-state index < -0.39 is 10.0 Å². The molecule has 0 radical (unpaired) electrons. The third-order valence-corrected chi connectivity index (χ3v) is 7.37. The van der Waals surface area contributed by atoms with Gasteiger partial charge >= 0.3 is 0 Å². The minimum absolute atomic E-state index is 0.0188. The van der Waals surface area contributed by atoms with Crippen molar-refractivity contribution in [1.29, 1.82) is 0 Å². The first kappa shape index (κ1) is 15.1. The van der Waals surface area contributed by atoms with Crippen LogP contribution in [0.3, 0.4) is 0 Å². The predicted octanol–water partition coefficient (Wildman–Crippen LogP) is 1.83. The summed E-state index contributed by atoms with van der Waals surface area (Å²) in [5.74, 6) is 1.80. The number of nitrogens with one attached hydrogen (secondary N) is 1. The summed E-state index contributed by atoms with van der Waals surface area (Å²) in [6.45, 7) is 0. The summed E-state index contributed by atoms with van der Waals surface area (Å²) in [4.78, 5) is 12.5. The Kier molecular flexibility index (Phi) is 3.10. The van der Waals surface area contributed by atoms with Crippen molar-refractivity contribution in [1.82, 2.24) is 14.9 Å². The van der Waals surface area contributed by atoms with Gasteiger partial charge < -0.3 is 4.42 Å². The Labute approximate surface area is 144 Å². The van der Waals surface area contributed by atoms with Crippen LogP contribution in [0.4, 0.5) is 0 Å². The molecule has 25 heavy (non-hydrogen) atoms. The summed E-state index contributed by atoms with van der Waals surface area (Å²) in [6, 6.07) is 6.15. The van der Waals surface area contributed by atoms with E-state index in [0.717, 1.165) is 0 Å². The van der Waals surface area contributed by atoms with Crippen molar-refractivity contribution in [2.45, 2.75) is 24.2 Å². The maximum atomic E-state index is 12.6. The number of fused-ring (bicyclic) bond motifs is 5. The third-order valence-electron chi connectivity index (χ3n) is 6.02. The zero-order valence-corrected chi connectivity index (χ0v) is 14.1. The minimum Gasteiger partial charge on any atom is -0.423 e. The lowest BCUT2D eigenvalue weighted by molar-refractivity contribution is -0.121. The number of benzene rings is 1. The molecule has 2 bridgehead atoms. The molecule has 0 unspecified atom stereocenters. The van der Waals surface area contributed by atoms with E-state index in [1.165, 1.54) is 37.8 Å². The van der Waals surface area contributed by atoms with Crippen LogP contribution in [0.15, 0.2) is 40.0 Å². The highest BCUT2D eigenvalue weighted by molar-refractivity contribution is 7.90. The number of aromatic nitrogens is 2. The van der Waals surface area contributed by atoms with E-state index in [1.807, 2.05) is 0 Å². The fourth-order valence-electron chi connectivity index (χ4n) is 5.03. The number of amides is 1. The highest BCUT2D eigenvalue weighted by Gasteiger charge is 2.67. The van der Waals surface area contributed by atoms with Gasteiger partial charge in [-0.1, -0.05) is 6.07 Å². The van der Waals surface area contributed by atoms with Crippen LogP contribution in [0.1, 0.15) is 19.3 Å². The van der Waals surface area contributed by atoms with Gasteiger partial charge in [-0.2, -0.15) is 0 Å². The van der Waals surface area contributed by atoms with Crippen LogP contribution >= 0.6 is 0 Å². The van der Waals surface area contributed by atoms with Gasteiger partial charge in [0.05, 0.1) is 4.90 Å². The fourth-order valence-corrected chi connectivity index (χ4v) is 6.09. The molecule has 0 saturated heterocycles. The molecular weight excluding hydrogens is 342 g/mol. The molecule has 3 aliphatic carbocycles. The third kappa shape index (κ3) is 2.31. The van der Waals surface area contributed by atoms with Gasteiger partial charge in [-0.3, -0.25) is 4.79 Å². The average molecular weight is 359 g/mol. The lowest BCUT2D eigenvalue weighted by Gasteiger charge is -2.10. The van der Waals surface area contributed by atoms with E-state index in [2.05, 4.69) is 14.9 Å². The second-order valence-corrected chi connectivity index (χ2v) is 8.94. The van der Waals surface area contributed by atoms with Gasteiger partial charge in [-0.05, 0) is 61.1 Å². The van der Waals surface area contributed by atoms with Crippen molar-refractivity contribution in [2.75, 3.05) is 0 Å². The monoisotopic (exact) mass is 359 g/mol. The summed E-state index contributed by atoms with van der Waals surface area (Å²) in [7, 11) is -3.91. The molecule has 1 aromatic heterocycles. The number of rotatable bonds is 4. The van der Waals surface area contributed by atoms with Crippen LogP contribution in [0.25, 0.3) is 11.5 Å². The summed E-state index contributed by atoms with van der Waals surface area (Å²) in [5, 5.41) is 7.36. The Morgan fingerprint density at radius 3 is 2.64 bits per heavy atom. The van der Waals surface area contributed by atoms with Crippen LogP contribution in [-0.4, -0.2) is 24.5 Å². The van der Waals surface area contributed by atoms with Gasteiger partial charge in [0.25, 0.3) is 10.0 Å². The van der Waals surface area contributed by atoms with E-state index in [0.29, 0.717) is 29.2 Å². The zero-order valence-electron chi connectivity index (χ0n) is 13.3. The van der Waals surface area contributed by atoms with Crippen molar-refractivity contribution in [3.8, 4) is 11.5 Å². The molecule has 3 aliphatic rings. The van der Waals surface area contributed by atoms with Crippen molar-refractivity contribution >= 4 is 15.9 Å². The molecule has 7 nitrogen and oxygen atoms in total. The van der Waals surface area contributed by atoms with Crippen LogP contribution in [0, 0.1) is 29.6 Å². The summed E-state index contributed by atoms with van der Waals surface area (Å²) in [6.07, 6.45) is 4.78. The second kappa shape index (κ2) is 5.14. The molecule has 1 amide bonds. The van der Waals surface area contributed by atoms with E-state index in [9.17, 15) is 13.2 Å². The summed E-state index contributed by atoms with van der Waals surface area (Å²) >= 11 is 0. The van der Waals surface area contributed by atoms with Crippen molar-refractivity contribution in [2.24, 2.45) is 29.6 Å². The average Bonchev–Trinajstić information content (AvgIpc) is 3.01. The first-order valence-corrected chi connectivity index (χ1v) is 9.96. The smallest absolute Gasteiger partial charge is 0.264 e. The first-order chi connectivity index (χ1) is 12.0. The molecule has 0 spiro atoms. The lowest BCUT2D eigenvalue weighted by Crippen LogP contribution is -2.33. The Morgan fingerprint density at radius 1 is 1.20 bits per heavy atom. The molecule has 3 saturated carbocycles. The number of sulfonamides is 1. The number of hydrogen-bond donors (Lipinski definition) is 1. The Bertz CT molecular complexity index is 925. The quantitative estimate of drug-likeness (QED) is 0.893. The molecule has 1 aromatic carbocycles. The fraction of sp³-hybridized carbons (Fsp3) is 0.471. The number of nitrogens with zero attached hydrogens (tertiary/aromatic N) is 2. The minimum atomic E-state index is -3.91. The van der Waals surface area contributed by atoms with Gasteiger partial charge in [-0.15, -0.1) is 10.2 Å². The topological polar surface area (TPSA) is 102 Å². The summed E-state index contributed by atoms with van der Waals surface area (Å²) in [5.41, 5.74) is 0.495. The maximum absolute atomic E-state index is 12.6. The van der Waals surface area contributed by atoms with Gasteiger partial charge in [0, 0.05) is 11.5 Å². The molecule has 8 heteroatoms. The van der Waals surface area contributed by atoms with Crippen molar-refractivity contribution < 1.29 is 17.6 Å². The molecule has 1 heterocycles. The van der Waals surface area contributed by atoms with Crippen LogP contribution in [-0.2, 0) is 14.8 Å². The molecular formula is C17H17N3O4S. The highest BCUT2D eigenvalue weighted by atomic mass is 32.2. The van der Waals surface area contributed by atoms with Gasteiger partial charge in [0.15, 0.2) is 0 Å². The normalized spacial score (nSPS) is 32.4. The Hall–Kier alpha value is -2.22. The standard InChI is InChI=1S/C17H17N3O4S/c21-16(15-13-9-4-5-10(6-9)14(13)15)20-25(22,23)12-3-1-2-11(7-12)17-19-18-8-24-17/h1-3,7-10,13-15H,4-6H2,(H,20,21)/t9-,10-,13-,14-/m0/s1. The van der Waals surface area contributed by atoms with Crippen LogP contribution in [0.5, 0.6) is 0 Å². The SMILES string of the molecule is O=C(NS(=O)(=O)c1cccc(-c2nnco2)c1)C1[C@H]2[C@H]3CC[C@@H](C3)[C@H]12. The number of carbonyl (C=O) groups is 1. The lowest BCUT2D eigenvalue weighted by atomic mass is 10.0. The molecule has 5 rings (SSSR count). The van der Waals surface area contributed by atoms with E-state index in [1.54, 1.807) is 12.1 Å². The Morgan fingerprint density at radius 2 is 1.96 bits per heavy atom. The number of carbonyl (C=O) groups excluding carboxylic acids is 1. The molecule has 1 N–H and O–H groups in total. The molecule has 3 fully saturated rings. The molecule has 2 aromatic rings. The predicted molar refractivity (Wildman–Crippen MR) is 86.4 cm³/mol. The second-order valence-electron chi connectivity index (χ2n) is 7.26. The van der Waals surface area contributed by atoms with Gasteiger partial charge in [0.2, 0.25) is 18.2 Å².